The standard InChI is InChI=1S/C13H17N3/c1-13(8-14-9-13)7-11-10-5-3-4-6-12(10)16(2)15-11/h3-6,14H,7-9H2,1-2H3. The third-order valence-corrected chi connectivity index (χ3v) is 3.53. The quantitative estimate of drug-likeness (QED) is 0.826. The van der Waals surface area contributed by atoms with Crippen LogP contribution in [0.25, 0.3) is 10.9 Å². The van der Waals surface area contributed by atoms with Gasteiger partial charge >= 0.3 is 0 Å². The van der Waals surface area contributed by atoms with Crippen molar-refractivity contribution in [3.05, 3.63) is 30.0 Å². The Morgan fingerprint density at radius 2 is 2.12 bits per heavy atom. The first-order valence-corrected chi connectivity index (χ1v) is 5.79. The van der Waals surface area contributed by atoms with Gasteiger partial charge in [0.15, 0.2) is 0 Å². The van der Waals surface area contributed by atoms with Gasteiger partial charge in [0, 0.05) is 25.5 Å². The van der Waals surface area contributed by atoms with E-state index in [1.807, 2.05) is 11.7 Å². The van der Waals surface area contributed by atoms with Crippen molar-refractivity contribution in [3.8, 4) is 0 Å². The molecule has 0 saturated carbocycles. The highest BCUT2D eigenvalue weighted by molar-refractivity contribution is 5.81. The number of aryl methyl sites for hydroxylation is 1. The fraction of sp³-hybridized carbons (Fsp3) is 0.462. The van der Waals surface area contributed by atoms with Crippen molar-refractivity contribution in [1.29, 1.82) is 0 Å². The molecule has 1 aromatic carbocycles. The molecule has 3 heteroatoms. The third-order valence-electron chi connectivity index (χ3n) is 3.53. The smallest absolute Gasteiger partial charge is 0.0709 e. The van der Waals surface area contributed by atoms with Crippen molar-refractivity contribution >= 4 is 10.9 Å². The molecule has 1 aliphatic heterocycles. The topological polar surface area (TPSA) is 29.9 Å². The van der Waals surface area contributed by atoms with Crippen LogP contribution in [-0.2, 0) is 13.5 Å². The molecule has 1 aromatic heterocycles. The SMILES string of the molecule is Cn1nc(CC2(C)CNC2)c2ccccc21. The van der Waals surface area contributed by atoms with Crippen LogP contribution in [0.5, 0.6) is 0 Å². The second-order valence-electron chi connectivity index (χ2n) is 5.18. The predicted molar refractivity (Wildman–Crippen MR) is 65.4 cm³/mol. The third kappa shape index (κ3) is 1.43. The van der Waals surface area contributed by atoms with Crippen LogP contribution in [-0.4, -0.2) is 22.9 Å². The van der Waals surface area contributed by atoms with Crippen LogP contribution in [0.1, 0.15) is 12.6 Å². The summed E-state index contributed by atoms with van der Waals surface area (Å²) in [5.41, 5.74) is 2.87. The van der Waals surface area contributed by atoms with Gasteiger partial charge in [0.05, 0.1) is 11.2 Å². The lowest BCUT2D eigenvalue weighted by Gasteiger charge is -2.39. The molecular weight excluding hydrogens is 198 g/mol. The van der Waals surface area contributed by atoms with Crippen LogP contribution < -0.4 is 5.32 Å². The van der Waals surface area contributed by atoms with E-state index >= 15 is 0 Å². The second-order valence-corrected chi connectivity index (χ2v) is 5.18. The van der Waals surface area contributed by atoms with Gasteiger partial charge in [-0.1, -0.05) is 25.1 Å². The number of aromatic nitrogens is 2. The summed E-state index contributed by atoms with van der Waals surface area (Å²) >= 11 is 0. The van der Waals surface area contributed by atoms with Gasteiger partial charge in [-0.2, -0.15) is 5.10 Å². The Balaban J connectivity index is 2.03. The lowest BCUT2D eigenvalue weighted by molar-refractivity contribution is 0.194. The summed E-state index contributed by atoms with van der Waals surface area (Å²) in [7, 11) is 2.02. The zero-order chi connectivity index (χ0) is 11.2. The molecule has 3 rings (SSSR count). The van der Waals surface area contributed by atoms with Gasteiger partial charge in [-0.05, 0) is 17.9 Å². The average Bonchev–Trinajstić information content (AvgIpc) is 2.55. The molecule has 3 nitrogen and oxygen atoms in total. The average molecular weight is 215 g/mol. The predicted octanol–water partition coefficient (Wildman–Crippen LogP) is 1.73. The maximum Gasteiger partial charge on any atom is 0.0709 e. The molecule has 1 fully saturated rings. The van der Waals surface area contributed by atoms with Crippen LogP contribution in [0.3, 0.4) is 0 Å². The summed E-state index contributed by atoms with van der Waals surface area (Å²) in [6.45, 7) is 4.54. The van der Waals surface area contributed by atoms with Gasteiger partial charge in [-0.25, -0.2) is 0 Å². The molecule has 1 aliphatic rings. The van der Waals surface area contributed by atoms with Crippen molar-refractivity contribution in [3.63, 3.8) is 0 Å². The number of hydrogen-bond donors (Lipinski definition) is 1. The van der Waals surface area contributed by atoms with Crippen LogP contribution >= 0.6 is 0 Å². The van der Waals surface area contributed by atoms with E-state index in [0.717, 1.165) is 19.5 Å². The molecule has 2 heterocycles. The van der Waals surface area contributed by atoms with Gasteiger partial charge in [0.1, 0.15) is 0 Å². The molecule has 84 valence electrons. The fourth-order valence-electron chi connectivity index (χ4n) is 2.50. The molecule has 0 aliphatic carbocycles. The lowest BCUT2D eigenvalue weighted by atomic mass is 9.79. The fourth-order valence-corrected chi connectivity index (χ4v) is 2.50. The Morgan fingerprint density at radius 3 is 2.81 bits per heavy atom. The number of nitrogens with zero attached hydrogens (tertiary/aromatic N) is 2. The molecule has 0 radical (unpaired) electrons. The van der Waals surface area contributed by atoms with E-state index in [0.29, 0.717) is 5.41 Å². The zero-order valence-corrected chi connectivity index (χ0v) is 9.83. The zero-order valence-electron chi connectivity index (χ0n) is 9.83. The van der Waals surface area contributed by atoms with Crippen LogP contribution in [0.15, 0.2) is 24.3 Å². The van der Waals surface area contributed by atoms with Gasteiger partial charge in [-0.15, -0.1) is 0 Å². The Morgan fingerprint density at radius 1 is 1.38 bits per heavy atom. The summed E-state index contributed by atoms with van der Waals surface area (Å²) in [6, 6.07) is 8.47. The van der Waals surface area contributed by atoms with Gasteiger partial charge in [-0.3, -0.25) is 4.68 Å². The highest BCUT2D eigenvalue weighted by Crippen LogP contribution is 2.29. The highest BCUT2D eigenvalue weighted by atomic mass is 15.3. The molecule has 0 bridgehead atoms. The van der Waals surface area contributed by atoms with E-state index in [9.17, 15) is 0 Å². The van der Waals surface area contributed by atoms with E-state index in [1.165, 1.54) is 16.6 Å². The molecule has 1 N–H and O–H groups in total. The normalized spacial score (nSPS) is 18.6. The first-order valence-electron chi connectivity index (χ1n) is 5.79. The maximum atomic E-state index is 4.65. The van der Waals surface area contributed by atoms with Crippen molar-refractivity contribution < 1.29 is 0 Å². The monoisotopic (exact) mass is 215 g/mol. The summed E-state index contributed by atoms with van der Waals surface area (Å²) < 4.78 is 1.99. The Bertz CT molecular complexity index is 523. The summed E-state index contributed by atoms with van der Waals surface area (Å²) in [4.78, 5) is 0. The molecule has 1 saturated heterocycles. The lowest BCUT2D eigenvalue weighted by Crippen LogP contribution is -2.52. The summed E-state index contributed by atoms with van der Waals surface area (Å²) in [5.74, 6) is 0. The Hall–Kier alpha value is -1.35. The Labute approximate surface area is 95.5 Å². The second kappa shape index (κ2) is 3.32. The van der Waals surface area contributed by atoms with Crippen molar-refractivity contribution in [1.82, 2.24) is 15.1 Å². The molecular formula is C13H17N3. The highest BCUT2D eigenvalue weighted by Gasteiger charge is 2.33. The van der Waals surface area contributed by atoms with Crippen molar-refractivity contribution in [2.75, 3.05) is 13.1 Å². The first kappa shape index (κ1) is 9.85. The molecule has 0 amide bonds. The summed E-state index contributed by atoms with van der Waals surface area (Å²) in [6.07, 6.45) is 1.07. The number of rotatable bonds is 2. The molecule has 16 heavy (non-hydrogen) atoms. The minimum atomic E-state index is 0.400. The van der Waals surface area contributed by atoms with Crippen LogP contribution in [0.2, 0.25) is 0 Å². The molecule has 0 unspecified atom stereocenters. The number of nitrogens with one attached hydrogen (secondary N) is 1. The van der Waals surface area contributed by atoms with Crippen LogP contribution in [0, 0.1) is 5.41 Å². The Kier molecular flexibility index (Phi) is 2.04. The van der Waals surface area contributed by atoms with E-state index in [-0.39, 0.29) is 0 Å². The van der Waals surface area contributed by atoms with Gasteiger partial charge in [0.25, 0.3) is 0 Å². The number of fused-ring (bicyclic) bond motifs is 1. The largest absolute Gasteiger partial charge is 0.316 e. The van der Waals surface area contributed by atoms with Crippen molar-refractivity contribution in [2.24, 2.45) is 12.5 Å². The minimum absolute atomic E-state index is 0.400. The number of benzene rings is 1. The molecule has 0 atom stereocenters. The van der Waals surface area contributed by atoms with Crippen molar-refractivity contribution in [2.45, 2.75) is 13.3 Å². The van der Waals surface area contributed by atoms with E-state index in [2.05, 4.69) is 41.6 Å². The number of hydrogen-bond acceptors (Lipinski definition) is 2. The molecule has 0 spiro atoms. The molecule has 2 aromatic rings. The van der Waals surface area contributed by atoms with Gasteiger partial charge < -0.3 is 5.32 Å². The van der Waals surface area contributed by atoms with E-state index in [1.54, 1.807) is 0 Å². The number of para-hydroxylation sites is 1. The van der Waals surface area contributed by atoms with Crippen LogP contribution in [0.4, 0.5) is 0 Å². The summed E-state index contributed by atoms with van der Waals surface area (Å²) in [5, 5.41) is 9.29. The first-order chi connectivity index (χ1) is 7.68. The van der Waals surface area contributed by atoms with Gasteiger partial charge in [0.2, 0.25) is 0 Å². The van der Waals surface area contributed by atoms with E-state index < -0.39 is 0 Å². The minimum Gasteiger partial charge on any atom is -0.316 e. The maximum absolute atomic E-state index is 4.65. The van der Waals surface area contributed by atoms with E-state index in [4.69, 9.17) is 0 Å².